The van der Waals surface area contributed by atoms with Crippen LogP contribution in [0.5, 0.6) is 5.75 Å². The van der Waals surface area contributed by atoms with Crippen molar-refractivity contribution >= 4 is 52.1 Å². The molecule has 0 aliphatic rings. The lowest BCUT2D eigenvalue weighted by Crippen LogP contribution is -2.45. The van der Waals surface area contributed by atoms with Crippen molar-refractivity contribution in [1.29, 1.82) is 0 Å². The highest BCUT2D eigenvalue weighted by Gasteiger charge is 2.39. The summed E-state index contributed by atoms with van der Waals surface area (Å²) in [5.41, 5.74) is -4.97. The number of carbonyl (C=O) groups is 2. The van der Waals surface area contributed by atoms with Crippen molar-refractivity contribution in [2.24, 2.45) is 0 Å². The van der Waals surface area contributed by atoms with E-state index in [4.69, 9.17) is 27.9 Å². The molecule has 3 N–H and O–H groups in total. The van der Waals surface area contributed by atoms with Gasteiger partial charge >= 0.3 is 6.18 Å². The van der Waals surface area contributed by atoms with Crippen LogP contribution >= 0.6 is 23.2 Å². The number of alkyl halides is 5. The van der Waals surface area contributed by atoms with Crippen molar-refractivity contribution in [2.45, 2.75) is 23.5 Å². The third-order valence-electron chi connectivity index (χ3n) is 4.09. The van der Waals surface area contributed by atoms with Gasteiger partial charge in [0.25, 0.3) is 17.5 Å². The highest BCUT2D eigenvalue weighted by Crippen LogP contribution is 2.37. The minimum Gasteiger partial charge on any atom is -0.490 e. The number of nitro groups is 1. The lowest BCUT2D eigenvalue weighted by atomic mass is 10.1. The highest BCUT2D eigenvalue weighted by atomic mass is 35.5. The summed E-state index contributed by atoms with van der Waals surface area (Å²) in [7, 11) is 0. The molecular formula is C19H16Cl2F3N3O6. The molecule has 2 amide bonds. The second-order valence-corrected chi connectivity index (χ2v) is 7.91. The summed E-state index contributed by atoms with van der Waals surface area (Å²) in [6.45, 7) is 0.475. The maximum Gasteiger partial charge on any atom is 0.423 e. The molecule has 0 aliphatic carbocycles. The van der Waals surface area contributed by atoms with E-state index in [1.165, 1.54) is 24.3 Å². The zero-order chi connectivity index (χ0) is 25.0. The zero-order valence-electron chi connectivity index (χ0n) is 16.7. The Morgan fingerprint density at radius 3 is 2.21 bits per heavy atom. The van der Waals surface area contributed by atoms with Crippen LogP contribution in [0.2, 0.25) is 0 Å². The zero-order valence-corrected chi connectivity index (χ0v) is 18.2. The molecule has 0 saturated carbocycles. The van der Waals surface area contributed by atoms with Crippen molar-refractivity contribution in [2.75, 3.05) is 17.2 Å². The van der Waals surface area contributed by atoms with E-state index in [2.05, 4.69) is 10.6 Å². The largest absolute Gasteiger partial charge is 0.490 e. The first-order chi connectivity index (χ1) is 15.2. The molecule has 2 rings (SSSR count). The molecule has 0 heterocycles. The maximum absolute atomic E-state index is 13.1. The van der Waals surface area contributed by atoms with E-state index in [9.17, 15) is 38.0 Å². The summed E-state index contributed by atoms with van der Waals surface area (Å²) in [5, 5.41) is 25.7. The smallest absolute Gasteiger partial charge is 0.423 e. The van der Waals surface area contributed by atoms with Crippen LogP contribution in [0.4, 0.5) is 30.2 Å². The second-order valence-electron chi connectivity index (χ2n) is 6.82. The Hall–Kier alpha value is -3.09. The number of nitro benzene ring substituents is 1. The second kappa shape index (κ2) is 10.2. The van der Waals surface area contributed by atoms with Gasteiger partial charge in [-0.15, -0.1) is 0 Å². The number of hydrogen-bond donors (Lipinski definition) is 3. The highest BCUT2D eigenvalue weighted by molar-refractivity contribution is 6.54. The average Bonchev–Trinajstić information content (AvgIpc) is 2.72. The molecule has 0 saturated heterocycles. The van der Waals surface area contributed by atoms with E-state index in [1.807, 2.05) is 0 Å². The number of carbonyl (C=O) groups excluding carboxylic acids is 2. The predicted molar refractivity (Wildman–Crippen MR) is 113 cm³/mol. The van der Waals surface area contributed by atoms with Crippen LogP contribution in [-0.2, 0) is 15.8 Å². The van der Waals surface area contributed by atoms with E-state index in [0.717, 1.165) is 13.0 Å². The summed E-state index contributed by atoms with van der Waals surface area (Å²) in [6, 6.07) is 7.59. The van der Waals surface area contributed by atoms with Crippen LogP contribution in [0.3, 0.4) is 0 Å². The SMILES string of the molecule is C[C@](O)(COc1ccc(NC(=O)C(Cl)Cl)cc1)C(=O)Nc1ccc([N+](=O)[O-])c(C(F)(F)F)c1. The number of hydrogen-bond acceptors (Lipinski definition) is 6. The van der Waals surface area contributed by atoms with Gasteiger partial charge in [-0.1, -0.05) is 23.2 Å². The molecule has 33 heavy (non-hydrogen) atoms. The molecular weight excluding hydrogens is 494 g/mol. The first-order valence-corrected chi connectivity index (χ1v) is 9.79. The summed E-state index contributed by atoms with van der Waals surface area (Å²) in [6.07, 6.45) is -5.03. The molecule has 0 aliphatic heterocycles. The lowest BCUT2D eigenvalue weighted by molar-refractivity contribution is -0.388. The lowest BCUT2D eigenvalue weighted by Gasteiger charge is -2.23. The Morgan fingerprint density at radius 2 is 1.70 bits per heavy atom. The molecule has 0 unspecified atom stereocenters. The number of nitrogens with one attached hydrogen (secondary N) is 2. The molecule has 0 radical (unpaired) electrons. The van der Waals surface area contributed by atoms with Gasteiger partial charge in [-0.2, -0.15) is 13.2 Å². The van der Waals surface area contributed by atoms with Gasteiger partial charge in [0.05, 0.1) is 4.92 Å². The third-order valence-corrected chi connectivity index (χ3v) is 4.48. The van der Waals surface area contributed by atoms with Gasteiger partial charge in [0.2, 0.25) is 0 Å². The average molecular weight is 510 g/mol. The third kappa shape index (κ3) is 7.20. The summed E-state index contributed by atoms with van der Waals surface area (Å²) >= 11 is 10.9. The van der Waals surface area contributed by atoms with Crippen molar-refractivity contribution in [3.63, 3.8) is 0 Å². The van der Waals surface area contributed by atoms with Crippen LogP contribution in [0, 0.1) is 10.1 Å². The van der Waals surface area contributed by atoms with E-state index in [1.54, 1.807) is 0 Å². The first kappa shape index (κ1) is 26.2. The molecule has 9 nitrogen and oxygen atoms in total. The molecule has 0 bridgehead atoms. The monoisotopic (exact) mass is 509 g/mol. The van der Waals surface area contributed by atoms with Gasteiger partial charge < -0.3 is 20.5 Å². The number of rotatable bonds is 8. The molecule has 0 fully saturated rings. The van der Waals surface area contributed by atoms with E-state index in [0.29, 0.717) is 17.8 Å². The number of aliphatic hydroxyl groups is 1. The fraction of sp³-hybridized carbons (Fsp3) is 0.263. The molecule has 2 aromatic rings. The van der Waals surface area contributed by atoms with E-state index in [-0.39, 0.29) is 5.75 Å². The predicted octanol–water partition coefficient (Wildman–Crippen LogP) is 4.12. The summed E-state index contributed by atoms with van der Waals surface area (Å²) < 4.78 is 44.6. The van der Waals surface area contributed by atoms with E-state index >= 15 is 0 Å². The van der Waals surface area contributed by atoms with Crippen molar-refractivity contribution in [1.82, 2.24) is 0 Å². The van der Waals surface area contributed by atoms with Crippen LogP contribution in [0.25, 0.3) is 0 Å². The van der Waals surface area contributed by atoms with Crippen LogP contribution < -0.4 is 15.4 Å². The van der Waals surface area contributed by atoms with Crippen LogP contribution in [0.1, 0.15) is 12.5 Å². The fourth-order valence-corrected chi connectivity index (χ4v) is 2.50. The number of ether oxygens (including phenoxy) is 1. The van der Waals surface area contributed by atoms with Gasteiger partial charge in [0.1, 0.15) is 17.9 Å². The first-order valence-electron chi connectivity index (χ1n) is 8.92. The molecule has 0 spiro atoms. The minimum atomic E-state index is -5.03. The van der Waals surface area contributed by atoms with Crippen molar-refractivity contribution in [3.8, 4) is 5.75 Å². The summed E-state index contributed by atoms with van der Waals surface area (Å²) in [5.74, 6) is -1.56. The molecule has 0 aromatic heterocycles. The standard InChI is InChI=1S/C19H16Cl2F3N3O6/c1-18(30,9-33-12-5-2-10(3-6-12)25-16(28)15(20)21)17(29)26-11-4-7-14(27(31)32)13(8-11)19(22,23)24/h2-8,15,30H,9H2,1H3,(H,25,28)(H,26,29)/t18-/m0/s1. The summed E-state index contributed by atoms with van der Waals surface area (Å²) in [4.78, 5) is 32.1. The topological polar surface area (TPSA) is 131 Å². The van der Waals surface area contributed by atoms with Gasteiger partial charge in [-0.25, -0.2) is 0 Å². The van der Waals surface area contributed by atoms with Gasteiger partial charge in [-0.05, 0) is 43.3 Å². The van der Waals surface area contributed by atoms with Crippen LogP contribution in [0.15, 0.2) is 42.5 Å². The van der Waals surface area contributed by atoms with Gasteiger partial charge in [-0.3, -0.25) is 19.7 Å². The van der Waals surface area contributed by atoms with Crippen molar-refractivity contribution in [3.05, 3.63) is 58.1 Å². The maximum atomic E-state index is 13.1. The fourth-order valence-electron chi connectivity index (χ4n) is 2.39. The molecule has 2 aromatic carbocycles. The van der Waals surface area contributed by atoms with Crippen LogP contribution in [-0.4, -0.2) is 38.9 Å². The Morgan fingerprint density at radius 1 is 1.12 bits per heavy atom. The Bertz CT molecular complexity index is 1050. The number of nitrogens with zero attached hydrogens (tertiary/aromatic N) is 1. The number of halogens is 5. The number of anilines is 2. The number of benzene rings is 2. The molecule has 1 atom stereocenters. The molecule has 178 valence electrons. The van der Waals surface area contributed by atoms with Gasteiger partial charge in [0, 0.05) is 17.4 Å². The normalized spacial score (nSPS) is 13.2. The van der Waals surface area contributed by atoms with Gasteiger partial charge in [0.15, 0.2) is 10.4 Å². The Balaban J connectivity index is 2.05. The molecule has 14 heteroatoms. The number of amides is 2. The Kier molecular flexibility index (Phi) is 8.11. The quantitative estimate of drug-likeness (QED) is 0.278. The van der Waals surface area contributed by atoms with Crippen molar-refractivity contribution < 1.29 is 37.5 Å². The van der Waals surface area contributed by atoms with E-state index < -0.39 is 56.9 Å². The Labute approximate surface area is 194 Å². The minimum absolute atomic E-state index is 0.198.